The lowest BCUT2D eigenvalue weighted by Gasteiger charge is -2.15. The molecule has 0 saturated carbocycles. The van der Waals surface area contributed by atoms with Crippen molar-refractivity contribution in [3.8, 4) is 0 Å². The third-order valence-corrected chi connectivity index (χ3v) is 0.965. The first-order valence-corrected chi connectivity index (χ1v) is 4.05. The molecule has 0 aliphatic heterocycles. The maximum absolute atomic E-state index is 12.2. The van der Waals surface area contributed by atoms with Crippen LogP contribution in [0.3, 0.4) is 0 Å². The molecule has 0 aromatic carbocycles. The number of aliphatic imine (C=N–C) groups is 1. The SMILES string of the molecule is CC(C)N=C(OC(C)C)C(F)(F)F. The molecule has 0 aromatic heterocycles. The summed E-state index contributed by atoms with van der Waals surface area (Å²) in [6, 6.07) is -0.421. The molecular weight excluding hydrogens is 183 g/mol. The van der Waals surface area contributed by atoms with Crippen LogP contribution in [0.4, 0.5) is 13.2 Å². The van der Waals surface area contributed by atoms with Gasteiger partial charge in [0.15, 0.2) is 0 Å². The molecule has 0 aliphatic rings. The molecule has 2 nitrogen and oxygen atoms in total. The summed E-state index contributed by atoms with van der Waals surface area (Å²) in [4.78, 5) is 3.36. The summed E-state index contributed by atoms with van der Waals surface area (Å²) >= 11 is 0. The van der Waals surface area contributed by atoms with Crippen molar-refractivity contribution >= 4 is 5.90 Å². The lowest BCUT2D eigenvalue weighted by molar-refractivity contribution is -0.0822. The molecule has 0 atom stereocenters. The van der Waals surface area contributed by atoms with Crippen molar-refractivity contribution in [2.45, 2.75) is 46.0 Å². The largest absolute Gasteiger partial charge is 0.472 e. The standard InChI is InChI=1S/C8H14F3NO/c1-5(2)12-7(8(9,10)11)13-6(3)4/h5-6H,1-4H3. The molecular formula is C8H14F3NO. The predicted octanol–water partition coefficient (Wildman–Crippen LogP) is 2.78. The second-order valence-corrected chi connectivity index (χ2v) is 3.19. The maximum Gasteiger partial charge on any atom is 0.468 e. The Bertz CT molecular complexity index is 184. The van der Waals surface area contributed by atoms with Crippen LogP contribution in [0.25, 0.3) is 0 Å². The zero-order valence-electron chi connectivity index (χ0n) is 8.14. The van der Waals surface area contributed by atoms with E-state index < -0.39 is 24.2 Å². The number of halogens is 3. The molecule has 0 fully saturated rings. The van der Waals surface area contributed by atoms with Gasteiger partial charge in [-0.1, -0.05) is 0 Å². The van der Waals surface area contributed by atoms with Crippen LogP contribution in [0.5, 0.6) is 0 Å². The number of ether oxygens (including phenoxy) is 1. The summed E-state index contributed by atoms with van der Waals surface area (Å²) < 4.78 is 41.1. The second-order valence-electron chi connectivity index (χ2n) is 3.19. The van der Waals surface area contributed by atoms with Crippen LogP contribution < -0.4 is 0 Å². The van der Waals surface area contributed by atoms with Crippen LogP contribution in [-0.4, -0.2) is 24.2 Å². The molecule has 0 heterocycles. The molecule has 0 aliphatic carbocycles. The van der Waals surface area contributed by atoms with E-state index >= 15 is 0 Å². The van der Waals surface area contributed by atoms with Crippen molar-refractivity contribution in [3.63, 3.8) is 0 Å². The Morgan fingerprint density at radius 2 is 1.62 bits per heavy atom. The van der Waals surface area contributed by atoms with Gasteiger partial charge in [0.2, 0.25) is 0 Å². The predicted molar refractivity (Wildman–Crippen MR) is 44.8 cm³/mol. The second kappa shape index (κ2) is 4.48. The van der Waals surface area contributed by atoms with E-state index in [0.717, 1.165) is 0 Å². The Balaban J connectivity index is 4.57. The number of alkyl halides is 3. The van der Waals surface area contributed by atoms with Crippen LogP contribution in [-0.2, 0) is 4.74 Å². The minimum Gasteiger partial charge on any atom is -0.472 e. The van der Waals surface area contributed by atoms with Gasteiger partial charge in [0.1, 0.15) is 0 Å². The molecule has 0 radical (unpaired) electrons. The van der Waals surface area contributed by atoms with Crippen molar-refractivity contribution in [1.29, 1.82) is 0 Å². The van der Waals surface area contributed by atoms with Gasteiger partial charge < -0.3 is 4.74 Å². The zero-order chi connectivity index (χ0) is 10.6. The van der Waals surface area contributed by atoms with Gasteiger partial charge in [-0.05, 0) is 27.7 Å². The Hall–Kier alpha value is -0.740. The normalized spacial score (nSPS) is 14.1. The number of hydrogen-bond acceptors (Lipinski definition) is 2. The summed E-state index contributed by atoms with van der Waals surface area (Å²) in [6.07, 6.45) is -5.01. The molecule has 0 N–H and O–H groups in total. The number of rotatable bonds is 2. The van der Waals surface area contributed by atoms with Crippen molar-refractivity contribution in [3.05, 3.63) is 0 Å². The summed E-state index contributed by atoms with van der Waals surface area (Å²) in [6.45, 7) is 6.19. The first kappa shape index (κ1) is 12.3. The molecule has 0 amide bonds. The molecule has 0 unspecified atom stereocenters. The topological polar surface area (TPSA) is 21.6 Å². The van der Waals surface area contributed by atoms with E-state index in [0.29, 0.717) is 0 Å². The van der Waals surface area contributed by atoms with Crippen molar-refractivity contribution in [1.82, 2.24) is 0 Å². The fourth-order valence-electron chi connectivity index (χ4n) is 0.628. The smallest absolute Gasteiger partial charge is 0.468 e. The van der Waals surface area contributed by atoms with Gasteiger partial charge in [-0.3, -0.25) is 0 Å². The Kier molecular flexibility index (Phi) is 4.23. The van der Waals surface area contributed by atoms with Gasteiger partial charge >= 0.3 is 6.18 Å². The highest BCUT2D eigenvalue weighted by Crippen LogP contribution is 2.19. The molecule has 0 bridgehead atoms. The zero-order valence-corrected chi connectivity index (χ0v) is 8.14. The van der Waals surface area contributed by atoms with E-state index in [1.807, 2.05) is 0 Å². The molecule has 78 valence electrons. The highest BCUT2D eigenvalue weighted by Gasteiger charge is 2.38. The summed E-state index contributed by atoms with van der Waals surface area (Å²) in [5, 5.41) is 0. The highest BCUT2D eigenvalue weighted by atomic mass is 19.4. The summed E-state index contributed by atoms with van der Waals surface area (Å²) in [7, 11) is 0. The van der Waals surface area contributed by atoms with Gasteiger partial charge in [-0.2, -0.15) is 13.2 Å². The van der Waals surface area contributed by atoms with E-state index in [4.69, 9.17) is 0 Å². The van der Waals surface area contributed by atoms with Crippen LogP contribution in [0.15, 0.2) is 4.99 Å². The fourth-order valence-corrected chi connectivity index (χ4v) is 0.628. The quantitative estimate of drug-likeness (QED) is 0.492. The van der Waals surface area contributed by atoms with E-state index in [-0.39, 0.29) is 0 Å². The van der Waals surface area contributed by atoms with E-state index in [9.17, 15) is 13.2 Å². The Morgan fingerprint density at radius 1 is 1.15 bits per heavy atom. The molecule has 13 heavy (non-hydrogen) atoms. The van der Waals surface area contributed by atoms with Crippen LogP contribution >= 0.6 is 0 Å². The third kappa shape index (κ3) is 5.49. The average Bonchev–Trinajstić information content (AvgIpc) is 1.81. The lowest BCUT2D eigenvalue weighted by atomic mass is 10.4. The minimum atomic E-state index is -4.49. The molecule has 5 heteroatoms. The summed E-state index contributed by atoms with van der Waals surface area (Å²) in [5.74, 6) is -1.14. The Morgan fingerprint density at radius 3 is 1.85 bits per heavy atom. The number of nitrogens with zero attached hydrogens (tertiary/aromatic N) is 1. The van der Waals surface area contributed by atoms with Gasteiger partial charge in [0.25, 0.3) is 5.90 Å². The molecule has 0 saturated heterocycles. The first-order chi connectivity index (χ1) is 5.73. The van der Waals surface area contributed by atoms with Gasteiger partial charge in [-0.25, -0.2) is 4.99 Å². The molecule has 0 aromatic rings. The first-order valence-electron chi connectivity index (χ1n) is 4.05. The molecule has 0 rings (SSSR count). The van der Waals surface area contributed by atoms with E-state index in [1.54, 1.807) is 13.8 Å². The van der Waals surface area contributed by atoms with Gasteiger partial charge in [0.05, 0.1) is 6.10 Å². The van der Waals surface area contributed by atoms with Crippen molar-refractivity contribution in [2.75, 3.05) is 0 Å². The molecule has 0 spiro atoms. The van der Waals surface area contributed by atoms with Crippen LogP contribution in [0.1, 0.15) is 27.7 Å². The maximum atomic E-state index is 12.2. The van der Waals surface area contributed by atoms with Crippen molar-refractivity contribution in [2.24, 2.45) is 4.99 Å². The van der Waals surface area contributed by atoms with Gasteiger partial charge in [0, 0.05) is 6.04 Å². The van der Waals surface area contributed by atoms with E-state index in [1.165, 1.54) is 13.8 Å². The van der Waals surface area contributed by atoms with Crippen molar-refractivity contribution < 1.29 is 17.9 Å². The van der Waals surface area contributed by atoms with Crippen LogP contribution in [0, 0.1) is 0 Å². The summed E-state index contributed by atoms with van der Waals surface area (Å²) in [5.41, 5.74) is 0. The van der Waals surface area contributed by atoms with E-state index in [2.05, 4.69) is 9.73 Å². The monoisotopic (exact) mass is 197 g/mol. The lowest BCUT2D eigenvalue weighted by Crippen LogP contribution is -2.29. The van der Waals surface area contributed by atoms with Gasteiger partial charge in [-0.15, -0.1) is 0 Å². The Labute approximate surface area is 75.8 Å². The minimum absolute atomic E-state index is 0.421. The number of hydrogen-bond donors (Lipinski definition) is 0. The fraction of sp³-hybridized carbons (Fsp3) is 0.875. The third-order valence-electron chi connectivity index (χ3n) is 0.965. The highest BCUT2D eigenvalue weighted by molar-refractivity contribution is 5.82. The van der Waals surface area contributed by atoms with Crippen LogP contribution in [0.2, 0.25) is 0 Å². The average molecular weight is 197 g/mol.